The van der Waals surface area contributed by atoms with Crippen LogP contribution >= 0.6 is 21.6 Å². The minimum absolute atomic E-state index is 0.0290. The van der Waals surface area contributed by atoms with Crippen LogP contribution in [0.5, 0.6) is 5.75 Å². The maximum absolute atomic E-state index is 14.5. The summed E-state index contributed by atoms with van der Waals surface area (Å²) in [4.78, 5) is 160. The van der Waals surface area contributed by atoms with Gasteiger partial charge >= 0.3 is 0 Å². The molecule has 2 aromatic rings. The van der Waals surface area contributed by atoms with E-state index < -0.39 is 145 Å². The van der Waals surface area contributed by atoms with Crippen molar-refractivity contribution in [3.8, 4) is 5.75 Å². The van der Waals surface area contributed by atoms with E-state index in [-0.39, 0.29) is 62.3 Å². The molecule has 28 heteroatoms. The maximum Gasteiger partial charge on any atom is 0.246 e. The van der Waals surface area contributed by atoms with E-state index >= 15 is 0 Å². The van der Waals surface area contributed by atoms with Gasteiger partial charge in [-0.05, 0) is 48.9 Å². The predicted octanol–water partition coefficient (Wildman–Crippen LogP) is -5.19. The second-order valence-corrected chi connectivity index (χ2v) is 19.7. The minimum atomic E-state index is -1.81. The fraction of sp³-hybridized carbons (Fsp3) is 0.467. The third kappa shape index (κ3) is 19.2. The lowest BCUT2D eigenvalue weighted by Gasteiger charge is -2.31. The van der Waals surface area contributed by atoms with Crippen LogP contribution in [-0.2, 0) is 70.4 Å². The van der Waals surface area contributed by atoms with Crippen molar-refractivity contribution in [1.82, 2.24) is 42.1 Å². The lowest BCUT2D eigenvalue weighted by Crippen LogP contribution is -2.61. The van der Waals surface area contributed by atoms with Gasteiger partial charge in [0.05, 0.1) is 19.0 Å². The Kier molecular flexibility index (Phi) is 22.7. The van der Waals surface area contributed by atoms with E-state index in [1.165, 1.54) is 24.3 Å². The van der Waals surface area contributed by atoms with Crippen LogP contribution in [0.4, 0.5) is 0 Å². The summed E-state index contributed by atoms with van der Waals surface area (Å²) >= 11 is 0. The van der Waals surface area contributed by atoms with Crippen LogP contribution in [0.25, 0.3) is 0 Å². The number of aromatic hydroxyl groups is 1. The van der Waals surface area contributed by atoms with Gasteiger partial charge in [0.2, 0.25) is 70.9 Å². The molecule has 2 aromatic carbocycles. The average Bonchev–Trinajstić information content (AvgIpc) is 3.84. The van der Waals surface area contributed by atoms with E-state index in [1.54, 1.807) is 30.3 Å². The molecule has 0 aromatic heterocycles. The number of likely N-dealkylation sites (tertiary alicyclic amines) is 1. The molecule has 18 N–H and O–H groups in total. The summed E-state index contributed by atoms with van der Waals surface area (Å²) in [5.74, 6) is -11.5. The van der Waals surface area contributed by atoms with Crippen molar-refractivity contribution in [2.45, 2.75) is 106 Å². The topological polar surface area (TPSA) is 443 Å². The summed E-state index contributed by atoms with van der Waals surface area (Å²) in [6.07, 6.45) is -2.32. The number of hydrogen-bond donors (Lipinski definition) is 13. The highest BCUT2D eigenvalue weighted by atomic mass is 33.1. The first-order chi connectivity index (χ1) is 34.6. The molecule has 0 spiro atoms. The monoisotopic (exact) mass is 1060 g/mol. The van der Waals surface area contributed by atoms with Crippen LogP contribution in [0.15, 0.2) is 54.6 Å². The fourth-order valence-corrected chi connectivity index (χ4v) is 9.86. The molecule has 2 aliphatic heterocycles. The first-order valence-electron chi connectivity index (χ1n) is 23.0. The molecule has 4 rings (SSSR count). The number of hydrogen-bond acceptors (Lipinski definition) is 16. The van der Waals surface area contributed by atoms with Crippen molar-refractivity contribution in [1.29, 1.82) is 0 Å². The molecule has 8 atom stereocenters. The highest BCUT2D eigenvalue weighted by Gasteiger charge is 2.41. The normalized spacial score (nSPS) is 22.9. The van der Waals surface area contributed by atoms with Gasteiger partial charge in [-0.2, -0.15) is 0 Å². The van der Waals surface area contributed by atoms with E-state index in [2.05, 4.69) is 37.2 Å². The van der Waals surface area contributed by atoms with Crippen LogP contribution < -0.4 is 65.9 Å². The van der Waals surface area contributed by atoms with Crippen LogP contribution in [-0.4, -0.2) is 154 Å². The number of nitrogens with two attached hydrogens (primary N) is 5. The van der Waals surface area contributed by atoms with Gasteiger partial charge in [-0.25, -0.2) is 0 Å². The Labute approximate surface area is 426 Å². The molecule has 0 aliphatic carbocycles. The zero-order chi connectivity index (χ0) is 53.8. The third-order valence-corrected chi connectivity index (χ3v) is 13.8. The maximum atomic E-state index is 14.5. The molecular weight excluding hydrogens is 995 g/mol. The molecule has 2 unspecified atom stereocenters. The zero-order valence-corrected chi connectivity index (χ0v) is 41.1. The van der Waals surface area contributed by atoms with E-state index in [1.807, 2.05) is 0 Å². The van der Waals surface area contributed by atoms with E-state index in [4.69, 9.17) is 28.7 Å². The molecule has 12 amide bonds. The van der Waals surface area contributed by atoms with E-state index in [0.717, 1.165) is 26.5 Å². The average molecular weight is 1060 g/mol. The largest absolute Gasteiger partial charge is 0.508 e. The number of nitrogens with one attached hydrogen (secondary N) is 7. The SMILES string of the molecule is NC(=O)CC[C@@H]1NC(=O)[C@H](Cc2ccccc2)NC(=O)C(Cc2ccc(O)cc2)NC(=O)[C@@H](N)CSSC[C@@H](C(=O)N2CCC[C@H]2C(=O)N[C@@H](CCC(N)=O)C(=O)NCC(N)=O)NC(=O)C(CC(N)=O)NC1=O. The van der Waals surface area contributed by atoms with Gasteiger partial charge in [0.15, 0.2) is 0 Å². The molecule has 2 fully saturated rings. The Bertz CT molecular complexity index is 2370. The molecular formula is C45H61N13O13S2. The number of nitrogens with zero attached hydrogens (tertiary/aromatic N) is 1. The number of amides is 12. The van der Waals surface area contributed by atoms with Crippen molar-refractivity contribution in [2.75, 3.05) is 24.6 Å². The molecule has 26 nitrogen and oxygen atoms in total. The summed E-state index contributed by atoms with van der Waals surface area (Å²) in [5.41, 5.74) is 28.7. The highest BCUT2D eigenvalue weighted by molar-refractivity contribution is 8.76. The molecule has 396 valence electrons. The number of carbonyl (C=O) groups is 12. The number of primary amides is 4. The fourth-order valence-electron chi connectivity index (χ4n) is 7.58. The zero-order valence-electron chi connectivity index (χ0n) is 39.5. The second-order valence-electron chi connectivity index (χ2n) is 17.2. The van der Waals surface area contributed by atoms with Gasteiger partial charge in [-0.3, -0.25) is 57.5 Å². The number of phenols is 1. The van der Waals surface area contributed by atoms with Gasteiger partial charge < -0.3 is 75.9 Å². The molecule has 2 saturated heterocycles. The standard InChI is InChI=1S/C45H61N13O13S2/c46-26-21-72-73-22-32(45(71)58-16-4-7-33(58)44(70)53-27(12-14-34(47)60)39(65)51-20-37(50)63)57-43(69)31(19-36(49)62)56-40(66)28(13-15-35(48)61)52-41(67)30(17-23-5-2-1-3-6-23)55-42(68)29(54-38(26)64)18-24-8-10-25(59)11-9-24/h1-3,5-6,8-11,26-33,59H,4,7,12-22,46H2,(H2,47,60)(H2,48,61)(H2,49,62)(H2,50,63)(H,51,65)(H,52,67)(H,53,70)(H,54,64)(H,55,68)(H,56,66)(H,57,69)/t26-,27-,28-,29?,30-,31?,32-,33-/m0/s1. The Balaban J connectivity index is 1.72. The summed E-state index contributed by atoms with van der Waals surface area (Å²) in [5, 5.41) is 27.3. The van der Waals surface area contributed by atoms with E-state index in [9.17, 15) is 62.6 Å². The van der Waals surface area contributed by atoms with Crippen LogP contribution in [0.2, 0.25) is 0 Å². The first kappa shape index (κ1) is 58.1. The van der Waals surface area contributed by atoms with Crippen molar-refractivity contribution in [2.24, 2.45) is 28.7 Å². The van der Waals surface area contributed by atoms with Crippen LogP contribution in [0.3, 0.4) is 0 Å². The third-order valence-electron chi connectivity index (χ3n) is 11.4. The number of rotatable bonds is 18. The molecule has 0 radical (unpaired) electrons. The number of phenolic OH excluding ortho intramolecular Hbond substituents is 1. The lowest BCUT2D eigenvalue weighted by atomic mass is 10.0. The van der Waals surface area contributed by atoms with Gasteiger partial charge in [0, 0.05) is 43.7 Å². The Morgan fingerprint density at radius 2 is 1.21 bits per heavy atom. The molecule has 0 saturated carbocycles. The lowest BCUT2D eigenvalue weighted by molar-refractivity contribution is -0.142. The quantitative estimate of drug-likeness (QED) is 0.0621. The predicted molar refractivity (Wildman–Crippen MR) is 264 cm³/mol. The molecule has 0 bridgehead atoms. The van der Waals surface area contributed by atoms with Crippen molar-refractivity contribution >= 4 is 92.5 Å². The highest BCUT2D eigenvalue weighted by Crippen LogP contribution is 2.26. The van der Waals surface area contributed by atoms with Gasteiger partial charge in [-0.15, -0.1) is 0 Å². The van der Waals surface area contributed by atoms with Gasteiger partial charge in [0.1, 0.15) is 48.0 Å². The van der Waals surface area contributed by atoms with Crippen molar-refractivity contribution < 1.29 is 62.6 Å². The number of benzene rings is 2. The Morgan fingerprint density at radius 1 is 0.658 bits per heavy atom. The van der Waals surface area contributed by atoms with E-state index in [0.29, 0.717) is 11.1 Å². The van der Waals surface area contributed by atoms with Crippen LogP contribution in [0.1, 0.15) is 56.1 Å². The molecule has 73 heavy (non-hydrogen) atoms. The summed E-state index contributed by atoms with van der Waals surface area (Å²) in [6, 6.07) is 2.48. The van der Waals surface area contributed by atoms with Gasteiger partial charge in [-0.1, -0.05) is 64.1 Å². The van der Waals surface area contributed by atoms with Gasteiger partial charge in [0.25, 0.3) is 0 Å². The molecule has 2 aliphatic rings. The first-order valence-corrected chi connectivity index (χ1v) is 25.5. The summed E-state index contributed by atoms with van der Waals surface area (Å²) in [7, 11) is 1.96. The minimum Gasteiger partial charge on any atom is -0.508 e. The summed E-state index contributed by atoms with van der Waals surface area (Å²) < 4.78 is 0. The molecule has 2 heterocycles. The number of carbonyl (C=O) groups excluding carboxylic acids is 12. The smallest absolute Gasteiger partial charge is 0.246 e. The Hall–Kier alpha value is -7.46. The summed E-state index contributed by atoms with van der Waals surface area (Å²) in [6.45, 7) is -0.616. The van der Waals surface area contributed by atoms with Crippen molar-refractivity contribution in [3.63, 3.8) is 0 Å². The van der Waals surface area contributed by atoms with Crippen LogP contribution in [0, 0.1) is 0 Å². The second kappa shape index (κ2) is 28.5. The van der Waals surface area contributed by atoms with Crippen molar-refractivity contribution in [3.05, 3.63) is 65.7 Å². The Morgan fingerprint density at radius 3 is 1.81 bits per heavy atom.